The number of likely N-dealkylation sites (tertiary alicyclic amines) is 1. The number of hydrogen-bond donors (Lipinski definition) is 1. The predicted octanol–water partition coefficient (Wildman–Crippen LogP) is 4.77. The predicted molar refractivity (Wildman–Crippen MR) is 114 cm³/mol. The van der Waals surface area contributed by atoms with E-state index in [-0.39, 0.29) is 30.9 Å². The van der Waals surface area contributed by atoms with Gasteiger partial charge in [-0.15, -0.1) is 24.8 Å². The smallest absolute Gasteiger partial charge is 0.209 e. The van der Waals surface area contributed by atoms with Gasteiger partial charge in [0.2, 0.25) is 5.89 Å². The summed E-state index contributed by atoms with van der Waals surface area (Å²) in [7, 11) is 0. The Morgan fingerprint density at radius 3 is 2.59 bits per heavy atom. The largest absolute Gasteiger partial charge is 0.439 e. The van der Waals surface area contributed by atoms with Crippen molar-refractivity contribution in [2.45, 2.75) is 18.5 Å². The molecule has 0 spiro atoms. The summed E-state index contributed by atoms with van der Waals surface area (Å²) in [4.78, 5) is 6.72. The number of aromatic nitrogens is 1. The fourth-order valence-electron chi connectivity index (χ4n) is 3.45. The van der Waals surface area contributed by atoms with E-state index in [9.17, 15) is 0 Å². The lowest BCUT2D eigenvalue weighted by molar-refractivity contribution is 0.287. The van der Waals surface area contributed by atoms with Crippen LogP contribution >= 0.6 is 36.4 Å². The van der Waals surface area contributed by atoms with E-state index in [0.29, 0.717) is 23.4 Å². The average molecular weight is 427 g/mol. The first-order chi connectivity index (χ1) is 12.2. The maximum Gasteiger partial charge on any atom is 0.209 e. The van der Waals surface area contributed by atoms with Crippen molar-refractivity contribution in [1.29, 1.82) is 0 Å². The first kappa shape index (κ1) is 21.7. The Balaban J connectivity index is 0.00000131. The zero-order valence-corrected chi connectivity index (χ0v) is 17.0. The Hall–Kier alpha value is -1.56. The molecule has 2 aromatic carbocycles. The number of hydrogen-bond acceptors (Lipinski definition) is 4. The van der Waals surface area contributed by atoms with Crippen molar-refractivity contribution in [2.24, 2.45) is 5.73 Å². The van der Waals surface area contributed by atoms with E-state index in [1.807, 2.05) is 30.3 Å². The van der Waals surface area contributed by atoms with Gasteiger partial charge in [0.25, 0.3) is 0 Å². The Morgan fingerprint density at radius 1 is 1.07 bits per heavy atom. The molecule has 0 amide bonds. The Kier molecular flexibility index (Phi) is 7.71. The van der Waals surface area contributed by atoms with Crippen LogP contribution in [0, 0.1) is 0 Å². The van der Waals surface area contributed by atoms with Gasteiger partial charge in [0.1, 0.15) is 0 Å². The maximum absolute atomic E-state index is 6.36. The quantitative estimate of drug-likeness (QED) is 0.653. The molecule has 4 rings (SSSR count). The van der Waals surface area contributed by atoms with Crippen LogP contribution in [0.5, 0.6) is 0 Å². The van der Waals surface area contributed by atoms with Crippen LogP contribution in [0.4, 0.5) is 0 Å². The van der Waals surface area contributed by atoms with Crippen molar-refractivity contribution in [1.82, 2.24) is 9.88 Å². The number of oxazole rings is 1. The van der Waals surface area contributed by atoms with Gasteiger partial charge in [-0.25, -0.2) is 4.98 Å². The molecule has 2 atom stereocenters. The van der Waals surface area contributed by atoms with Gasteiger partial charge in [-0.05, 0) is 17.7 Å². The summed E-state index contributed by atoms with van der Waals surface area (Å²) in [6, 6.07) is 18.2. The van der Waals surface area contributed by atoms with Gasteiger partial charge in [0, 0.05) is 35.6 Å². The molecule has 144 valence electrons. The summed E-state index contributed by atoms with van der Waals surface area (Å²) in [5.41, 5.74) is 8.59. The molecule has 1 aliphatic heterocycles. The molecule has 2 heterocycles. The zero-order chi connectivity index (χ0) is 17.2. The summed E-state index contributed by atoms with van der Waals surface area (Å²) in [5, 5.41) is 0.687. The SMILES string of the molecule is Cl.Cl.N[C@@H]1CN(Cc2ncc(-c3cccc(Cl)c3)o2)C[C@H]1c1ccccc1. The standard InChI is InChI=1S/C20H20ClN3O.2ClH/c21-16-8-4-7-15(9-16)19-10-23-20(25-19)13-24-11-17(18(22)12-24)14-5-2-1-3-6-14;;/h1-10,17-18H,11-13,22H2;2*1H/t17-,18+;;/m0../s1. The lowest BCUT2D eigenvalue weighted by Gasteiger charge is -2.14. The third-order valence-electron chi connectivity index (χ3n) is 4.69. The van der Waals surface area contributed by atoms with E-state index in [1.54, 1.807) is 6.20 Å². The summed E-state index contributed by atoms with van der Waals surface area (Å²) in [6.07, 6.45) is 1.76. The fourth-order valence-corrected chi connectivity index (χ4v) is 3.64. The number of rotatable bonds is 4. The summed E-state index contributed by atoms with van der Waals surface area (Å²) < 4.78 is 5.91. The third kappa shape index (κ3) is 5.03. The molecule has 0 aliphatic carbocycles. The van der Waals surface area contributed by atoms with Gasteiger partial charge in [-0.2, -0.15) is 0 Å². The molecule has 0 saturated carbocycles. The van der Waals surface area contributed by atoms with E-state index >= 15 is 0 Å². The Bertz CT molecular complexity index is 856. The minimum atomic E-state index is 0. The lowest BCUT2D eigenvalue weighted by atomic mass is 9.95. The second kappa shape index (κ2) is 9.58. The molecule has 7 heteroatoms. The highest BCUT2D eigenvalue weighted by molar-refractivity contribution is 6.30. The van der Waals surface area contributed by atoms with Gasteiger partial charge < -0.3 is 10.2 Å². The van der Waals surface area contributed by atoms with Crippen LogP contribution in [0.2, 0.25) is 5.02 Å². The van der Waals surface area contributed by atoms with Crippen LogP contribution in [0.25, 0.3) is 11.3 Å². The molecular weight excluding hydrogens is 405 g/mol. The second-order valence-corrected chi connectivity index (χ2v) is 6.94. The van der Waals surface area contributed by atoms with Crippen molar-refractivity contribution < 1.29 is 4.42 Å². The number of nitrogens with zero attached hydrogens (tertiary/aromatic N) is 2. The molecule has 1 saturated heterocycles. The van der Waals surface area contributed by atoms with E-state index < -0.39 is 0 Å². The molecule has 0 unspecified atom stereocenters. The molecular formula is C20H22Cl3N3O. The highest BCUT2D eigenvalue weighted by atomic mass is 35.5. The molecule has 27 heavy (non-hydrogen) atoms. The first-order valence-electron chi connectivity index (χ1n) is 8.42. The van der Waals surface area contributed by atoms with Gasteiger partial charge in [0.15, 0.2) is 5.76 Å². The highest BCUT2D eigenvalue weighted by Gasteiger charge is 2.31. The van der Waals surface area contributed by atoms with Crippen molar-refractivity contribution in [3.8, 4) is 11.3 Å². The van der Waals surface area contributed by atoms with Crippen LogP contribution < -0.4 is 5.73 Å². The van der Waals surface area contributed by atoms with Crippen LogP contribution in [-0.2, 0) is 6.54 Å². The van der Waals surface area contributed by atoms with E-state index in [1.165, 1.54) is 5.56 Å². The molecule has 0 radical (unpaired) electrons. The first-order valence-corrected chi connectivity index (χ1v) is 8.80. The molecule has 1 aliphatic rings. The van der Waals surface area contributed by atoms with Crippen LogP contribution in [0.15, 0.2) is 65.2 Å². The van der Waals surface area contributed by atoms with Gasteiger partial charge in [0.05, 0.1) is 12.7 Å². The van der Waals surface area contributed by atoms with E-state index in [4.69, 9.17) is 21.8 Å². The molecule has 2 N–H and O–H groups in total. The third-order valence-corrected chi connectivity index (χ3v) is 4.93. The van der Waals surface area contributed by atoms with Crippen molar-refractivity contribution >= 4 is 36.4 Å². The fraction of sp³-hybridized carbons (Fsp3) is 0.250. The number of benzene rings is 2. The summed E-state index contributed by atoms with van der Waals surface area (Å²) in [6.45, 7) is 2.42. The van der Waals surface area contributed by atoms with Crippen LogP contribution in [0.3, 0.4) is 0 Å². The monoisotopic (exact) mass is 425 g/mol. The van der Waals surface area contributed by atoms with Gasteiger partial charge in [-0.3, -0.25) is 4.90 Å². The molecule has 3 aromatic rings. The lowest BCUT2D eigenvalue weighted by Crippen LogP contribution is -2.28. The van der Waals surface area contributed by atoms with Crippen LogP contribution in [0.1, 0.15) is 17.4 Å². The molecule has 1 aromatic heterocycles. The van der Waals surface area contributed by atoms with Crippen LogP contribution in [-0.4, -0.2) is 29.0 Å². The Labute approximate surface area is 176 Å². The second-order valence-electron chi connectivity index (χ2n) is 6.50. The zero-order valence-electron chi connectivity index (χ0n) is 14.6. The van der Waals surface area contributed by atoms with Crippen molar-refractivity contribution in [3.63, 3.8) is 0 Å². The number of halogens is 3. The number of nitrogens with two attached hydrogens (primary N) is 1. The highest BCUT2D eigenvalue weighted by Crippen LogP contribution is 2.28. The average Bonchev–Trinajstić information content (AvgIpc) is 3.23. The Morgan fingerprint density at radius 2 is 1.85 bits per heavy atom. The van der Waals surface area contributed by atoms with Crippen molar-refractivity contribution in [3.05, 3.63) is 77.3 Å². The minimum absolute atomic E-state index is 0. The summed E-state index contributed by atoms with van der Waals surface area (Å²) in [5.74, 6) is 1.79. The topological polar surface area (TPSA) is 55.3 Å². The normalized spacial score (nSPS) is 19.3. The van der Waals surface area contributed by atoms with Gasteiger partial charge in [-0.1, -0.05) is 54.1 Å². The minimum Gasteiger partial charge on any atom is -0.439 e. The molecule has 0 bridgehead atoms. The molecule has 4 nitrogen and oxygen atoms in total. The van der Waals surface area contributed by atoms with E-state index in [0.717, 1.165) is 24.4 Å². The van der Waals surface area contributed by atoms with Gasteiger partial charge >= 0.3 is 0 Å². The summed E-state index contributed by atoms with van der Waals surface area (Å²) >= 11 is 6.05. The molecule has 1 fully saturated rings. The maximum atomic E-state index is 6.36. The van der Waals surface area contributed by atoms with E-state index in [2.05, 4.69) is 34.1 Å². The van der Waals surface area contributed by atoms with Crippen molar-refractivity contribution in [2.75, 3.05) is 13.1 Å².